The van der Waals surface area contributed by atoms with Crippen LogP contribution in [0.5, 0.6) is 0 Å². The zero-order valence-corrected chi connectivity index (χ0v) is 6.54. The average molecular weight is 184 g/mol. The van der Waals surface area contributed by atoms with Crippen molar-refractivity contribution in [3.8, 4) is 0 Å². The fraction of sp³-hybridized carbons (Fsp3) is 0.143. The molecule has 0 amide bonds. The monoisotopic (exact) mass is 184 g/mol. The first kappa shape index (κ1) is 16.2. The number of carbonyl (C=O) groups excluding carboxylic acids is 2. The van der Waals surface area contributed by atoms with Crippen LogP contribution in [-0.4, -0.2) is 13.6 Å². The third kappa shape index (κ3) is 15.7. The van der Waals surface area contributed by atoms with E-state index in [4.69, 9.17) is 9.59 Å². The predicted molar refractivity (Wildman–Crippen MR) is 35.8 cm³/mol. The van der Waals surface area contributed by atoms with Gasteiger partial charge in [-0.2, -0.15) is 6.08 Å². The van der Waals surface area contributed by atoms with Gasteiger partial charge in [-0.15, -0.1) is 6.42 Å². The van der Waals surface area contributed by atoms with Crippen molar-refractivity contribution in [1.82, 2.24) is 0 Å². The maximum atomic E-state index is 8.00. The van der Waals surface area contributed by atoms with Crippen LogP contribution in [0.15, 0.2) is 18.2 Å². The van der Waals surface area contributed by atoms with Crippen LogP contribution in [0.2, 0.25) is 0 Å². The molecule has 2 nitrogen and oxygen atoms in total. The minimum absolute atomic E-state index is 0. The van der Waals surface area contributed by atoms with Crippen molar-refractivity contribution in [3.63, 3.8) is 0 Å². The van der Waals surface area contributed by atoms with E-state index in [9.17, 15) is 0 Å². The summed E-state index contributed by atoms with van der Waals surface area (Å²) in [6, 6.07) is 0. The van der Waals surface area contributed by atoms with E-state index in [1.54, 1.807) is 0 Å². The van der Waals surface area contributed by atoms with Crippen molar-refractivity contribution in [2.45, 2.75) is 6.42 Å². The number of rotatable bonds is 0. The Labute approximate surface area is 71.2 Å². The fourth-order valence-corrected chi connectivity index (χ4v) is 0.340. The SMILES string of the molecule is C=O.C=O.[C-]1=CC=CC1.[Co]. The number of carbonyl (C=O) groups is 2. The maximum absolute atomic E-state index is 8.00. The van der Waals surface area contributed by atoms with E-state index in [0.717, 1.165) is 6.42 Å². The molecule has 0 aromatic heterocycles. The van der Waals surface area contributed by atoms with Gasteiger partial charge in [0.15, 0.2) is 0 Å². The Morgan fingerprint density at radius 3 is 1.80 bits per heavy atom. The Morgan fingerprint density at radius 2 is 1.70 bits per heavy atom. The van der Waals surface area contributed by atoms with Gasteiger partial charge in [0.1, 0.15) is 13.6 Å². The summed E-state index contributed by atoms with van der Waals surface area (Å²) < 4.78 is 0. The Morgan fingerprint density at radius 1 is 1.20 bits per heavy atom. The van der Waals surface area contributed by atoms with Crippen LogP contribution < -0.4 is 0 Å². The average Bonchev–Trinajstić information content (AvgIpc) is 2.51. The molecule has 10 heavy (non-hydrogen) atoms. The van der Waals surface area contributed by atoms with Gasteiger partial charge >= 0.3 is 0 Å². The van der Waals surface area contributed by atoms with Crippen LogP contribution in [-0.2, 0) is 26.4 Å². The van der Waals surface area contributed by atoms with Crippen molar-refractivity contribution in [2.75, 3.05) is 0 Å². The minimum atomic E-state index is 0. The summed E-state index contributed by atoms with van der Waals surface area (Å²) in [6.07, 6.45) is 10.0. The summed E-state index contributed by atoms with van der Waals surface area (Å²) in [4.78, 5) is 16.0. The van der Waals surface area contributed by atoms with Gasteiger partial charge in [-0.1, -0.05) is 0 Å². The molecule has 0 fully saturated rings. The molecule has 1 radical (unpaired) electrons. The van der Waals surface area contributed by atoms with Crippen LogP contribution in [0.4, 0.5) is 0 Å². The molecule has 0 N–H and O–H groups in total. The second-order valence-corrected chi connectivity index (χ2v) is 1.00. The van der Waals surface area contributed by atoms with E-state index in [-0.39, 0.29) is 16.8 Å². The second kappa shape index (κ2) is 23.9. The topological polar surface area (TPSA) is 34.1 Å². The van der Waals surface area contributed by atoms with E-state index < -0.39 is 0 Å². The molecule has 3 heteroatoms. The smallest absolute Gasteiger partial charge is 0.106 e. The molecule has 0 atom stereocenters. The number of hydrogen-bond acceptors (Lipinski definition) is 2. The number of allylic oxidation sites excluding steroid dienone is 4. The number of hydrogen-bond donors (Lipinski definition) is 0. The van der Waals surface area contributed by atoms with Gasteiger partial charge in [0.05, 0.1) is 0 Å². The molecule has 0 spiro atoms. The van der Waals surface area contributed by atoms with Crippen LogP contribution in [0.3, 0.4) is 0 Å². The van der Waals surface area contributed by atoms with E-state index >= 15 is 0 Å². The van der Waals surface area contributed by atoms with E-state index in [1.807, 2.05) is 25.7 Å². The van der Waals surface area contributed by atoms with Crippen molar-refractivity contribution in [1.29, 1.82) is 0 Å². The summed E-state index contributed by atoms with van der Waals surface area (Å²) in [5.41, 5.74) is 0. The summed E-state index contributed by atoms with van der Waals surface area (Å²) >= 11 is 0. The second-order valence-electron chi connectivity index (χ2n) is 1.00. The Kier molecular flexibility index (Phi) is 38.6. The van der Waals surface area contributed by atoms with E-state index in [1.165, 1.54) is 0 Å². The first-order valence-corrected chi connectivity index (χ1v) is 2.29. The minimum Gasteiger partial charge on any atom is -0.307 e. The molecule has 1 aliphatic carbocycles. The molecule has 0 heterocycles. The summed E-state index contributed by atoms with van der Waals surface area (Å²) in [6.45, 7) is 4.00. The van der Waals surface area contributed by atoms with Crippen LogP contribution in [0.25, 0.3) is 0 Å². The van der Waals surface area contributed by atoms with Gasteiger partial charge in [-0.25, -0.2) is 12.2 Å². The van der Waals surface area contributed by atoms with Crippen LogP contribution >= 0.6 is 0 Å². The van der Waals surface area contributed by atoms with Gasteiger partial charge in [0.25, 0.3) is 0 Å². The van der Waals surface area contributed by atoms with Crippen molar-refractivity contribution >= 4 is 13.6 Å². The summed E-state index contributed by atoms with van der Waals surface area (Å²) in [7, 11) is 0. The van der Waals surface area contributed by atoms with Crippen LogP contribution in [0, 0.1) is 6.08 Å². The molecule has 0 saturated heterocycles. The van der Waals surface area contributed by atoms with Gasteiger partial charge in [0.2, 0.25) is 0 Å². The standard InChI is InChI=1S/C5H5.2CH2O.Co/c1-2-4-5-3-1;2*1-2;/h1-3H,4H2;2*1H2;/q-1;;;. The van der Waals surface area contributed by atoms with Gasteiger partial charge in [-0.3, -0.25) is 6.08 Å². The molecule has 0 aromatic carbocycles. The summed E-state index contributed by atoms with van der Waals surface area (Å²) in [5, 5.41) is 0. The van der Waals surface area contributed by atoms with Crippen molar-refractivity contribution in [3.05, 3.63) is 24.3 Å². The molecule has 1 aliphatic rings. The fourth-order valence-electron chi connectivity index (χ4n) is 0.340. The van der Waals surface area contributed by atoms with Gasteiger partial charge < -0.3 is 9.59 Å². The molecular weight excluding hydrogens is 175 g/mol. The Balaban J connectivity index is -0.0000000875. The zero-order valence-electron chi connectivity index (χ0n) is 5.50. The molecule has 0 saturated carbocycles. The zero-order chi connectivity index (χ0) is 7.54. The van der Waals surface area contributed by atoms with Gasteiger partial charge in [-0.05, 0) is 0 Å². The molecule has 1 rings (SSSR count). The molecule has 0 unspecified atom stereocenters. The summed E-state index contributed by atoms with van der Waals surface area (Å²) in [5.74, 6) is 0. The Bertz CT molecular complexity index is 87.8. The molecule has 0 aromatic rings. The van der Waals surface area contributed by atoms with Gasteiger partial charge in [0, 0.05) is 16.8 Å². The first-order valence-electron chi connectivity index (χ1n) is 2.29. The third-order valence-electron chi connectivity index (χ3n) is 0.586. The molecule has 0 aliphatic heterocycles. The van der Waals surface area contributed by atoms with E-state index in [0.29, 0.717) is 0 Å². The van der Waals surface area contributed by atoms with Crippen LogP contribution in [0.1, 0.15) is 6.42 Å². The first-order chi connectivity index (χ1) is 4.50. The van der Waals surface area contributed by atoms with E-state index in [2.05, 4.69) is 12.2 Å². The Hall–Kier alpha value is -0.674. The van der Waals surface area contributed by atoms with Crippen molar-refractivity contribution < 1.29 is 26.4 Å². The third-order valence-corrected chi connectivity index (χ3v) is 0.586. The predicted octanol–water partition coefficient (Wildman–Crippen LogP) is 0.933. The molecule has 0 bridgehead atoms. The quantitative estimate of drug-likeness (QED) is 0.525. The molecule has 59 valence electrons. The maximum Gasteiger partial charge on any atom is 0.106 e. The van der Waals surface area contributed by atoms with Crippen molar-refractivity contribution in [2.24, 2.45) is 0 Å². The largest absolute Gasteiger partial charge is 0.307 e. The molecular formula is C7H9CoO2-. The normalized spacial score (nSPS) is 9.60.